The van der Waals surface area contributed by atoms with Crippen LogP contribution in [0.25, 0.3) is 0 Å². The first-order chi connectivity index (χ1) is 12.7. The van der Waals surface area contributed by atoms with Crippen molar-refractivity contribution < 1.29 is 13.3 Å². The van der Waals surface area contributed by atoms with Crippen LogP contribution >= 0.6 is 24.0 Å². The van der Waals surface area contributed by atoms with Gasteiger partial charge in [0.05, 0.1) is 12.2 Å². The summed E-state index contributed by atoms with van der Waals surface area (Å²) in [6, 6.07) is 5.31. The minimum atomic E-state index is -0.455. The lowest BCUT2D eigenvalue weighted by Crippen LogP contribution is -2.52. The number of nitrogens with one attached hydrogen (secondary N) is 1. The number of aromatic nitrogens is 1. The van der Waals surface area contributed by atoms with E-state index in [2.05, 4.69) is 25.3 Å². The molecule has 0 radical (unpaired) electrons. The molecule has 0 atom stereocenters. The smallest absolute Gasteiger partial charge is 0.194 e. The normalized spacial score (nSPS) is 15.5. The van der Waals surface area contributed by atoms with Gasteiger partial charge < -0.3 is 14.7 Å². The second-order valence-electron chi connectivity index (χ2n) is 6.16. The van der Waals surface area contributed by atoms with Gasteiger partial charge in [-0.15, -0.1) is 24.0 Å². The summed E-state index contributed by atoms with van der Waals surface area (Å²) in [5.74, 6) is -0.177. The molecule has 1 saturated heterocycles. The van der Waals surface area contributed by atoms with Crippen molar-refractivity contribution in [1.29, 1.82) is 0 Å². The Hall–Kier alpha value is -1.75. The largest absolute Gasteiger partial charge is 0.364 e. The van der Waals surface area contributed by atoms with Gasteiger partial charge in [-0.1, -0.05) is 5.16 Å². The Morgan fingerprint density at radius 3 is 2.67 bits per heavy atom. The van der Waals surface area contributed by atoms with Gasteiger partial charge >= 0.3 is 0 Å². The Bertz CT molecular complexity index is 733. The Morgan fingerprint density at radius 1 is 1.22 bits per heavy atom. The number of benzene rings is 1. The van der Waals surface area contributed by atoms with Crippen molar-refractivity contribution in [2.75, 3.05) is 32.7 Å². The van der Waals surface area contributed by atoms with E-state index in [9.17, 15) is 8.78 Å². The van der Waals surface area contributed by atoms with Crippen LogP contribution in [0.5, 0.6) is 0 Å². The van der Waals surface area contributed by atoms with Gasteiger partial charge in [-0.25, -0.2) is 13.8 Å². The first-order valence-electron chi connectivity index (χ1n) is 8.74. The van der Waals surface area contributed by atoms with Crippen molar-refractivity contribution in [2.24, 2.45) is 4.99 Å². The van der Waals surface area contributed by atoms with Gasteiger partial charge in [-0.05, 0) is 25.1 Å². The molecule has 1 aromatic heterocycles. The summed E-state index contributed by atoms with van der Waals surface area (Å²) >= 11 is 0. The predicted octanol–water partition coefficient (Wildman–Crippen LogP) is 2.85. The number of aliphatic imine (C=N–C) groups is 1. The number of guanidine groups is 1. The van der Waals surface area contributed by atoms with Gasteiger partial charge in [0.15, 0.2) is 5.96 Å². The van der Waals surface area contributed by atoms with Crippen molar-refractivity contribution >= 4 is 29.9 Å². The lowest BCUT2D eigenvalue weighted by atomic mass is 10.2. The standard InChI is InChI=1S/C18H23F2N5O.HI/c1-2-21-18(22-12-14-11-15(19)3-4-17(14)20)25-8-6-24(7-9-25)13-16-5-10-26-23-16;/h3-5,10-11H,2,6-9,12-13H2,1H3,(H,21,22);1H. The van der Waals surface area contributed by atoms with Crippen molar-refractivity contribution in [3.63, 3.8) is 0 Å². The second-order valence-corrected chi connectivity index (χ2v) is 6.16. The summed E-state index contributed by atoms with van der Waals surface area (Å²) < 4.78 is 32.0. The fraction of sp³-hybridized carbons (Fsp3) is 0.444. The van der Waals surface area contributed by atoms with Crippen LogP contribution in [0.2, 0.25) is 0 Å². The molecule has 1 aromatic carbocycles. The van der Waals surface area contributed by atoms with Crippen LogP contribution in [-0.2, 0) is 13.1 Å². The number of halogens is 3. The lowest BCUT2D eigenvalue weighted by molar-refractivity contribution is 0.169. The van der Waals surface area contributed by atoms with Gasteiger partial charge in [0, 0.05) is 50.9 Å². The first kappa shape index (κ1) is 21.5. The van der Waals surface area contributed by atoms with Crippen LogP contribution in [0.15, 0.2) is 40.0 Å². The summed E-state index contributed by atoms with van der Waals surface area (Å²) in [6.45, 7) is 6.89. The first-order valence-corrected chi connectivity index (χ1v) is 8.74. The maximum atomic E-state index is 13.8. The lowest BCUT2D eigenvalue weighted by Gasteiger charge is -2.36. The van der Waals surface area contributed by atoms with Crippen LogP contribution < -0.4 is 5.32 Å². The van der Waals surface area contributed by atoms with Crippen molar-refractivity contribution in [2.45, 2.75) is 20.0 Å². The molecule has 3 rings (SSSR count). The Morgan fingerprint density at radius 2 is 2.00 bits per heavy atom. The van der Waals surface area contributed by atoms with Crippen LogP contribution in [0.3, 0.4) is 0 Å². The molecule has 2 heterocycles. The molecule has 1 N–H and O–H groups in total. The second kappa shape index (κ2) is 10.5. The molecule has 0 unspecified atom stereocenters. The van der Waals surface area contributed by atoms with Crippen LogP contribution in [0.4, 0.5) is 8.78 Å². The molecule has 1 aliphatic rings. The maximum absolute atomic E-state index is 13.8. The number of rotatable bonds is 5. The zero-order chi connectivity index (χ0) is 18.4. The van der Waals surface area contributed by atoms with E-state index in [0.717, 1.165) is 56.5 Å². The molecule has 0 aliphatic carbocycles. The van der Waals surface area contributed by atoms with Gasteiger partial charge in [0.25, 0.3) is 0 Å². The monoisotopic (exact) mass is 491 g/mol. The van der Waals surface area contributed by atoms with E-state index in [-0.39, 0.29) is 36.1 Å². The Balaban J connectivity index is 0.00000261. The van der Waals surface area contributed by atoms with Crippen LogP contribution in [0, 0.1) is 11.6 Å². The summed E-state index contributed by atoms with van der Waals surface area (Å²) in [5.41, 5.74) is 1.17. The van der Waals surface area contributed by atoms with E-state index in [4.69, 9.17) is 4.52 Å². The van der Waals surface area contributed by atoms with E-state index in [1.54, 1.807) is 6.26 Å². The molecule has 148 valence electrons. The molecule has 9 heteroatoms. The van der Waals surface area contributed by atoms with E-state index in [1.807, 2.05) is 13.0 Å². The van der Waals surface area contributed by atoms with Crippen molar-refractivity contribution in [3.05, 3.63) is 53.4 Å². The summed E-state index contributed by atoms with van der Waals surface area (Å²) in [5, 5.41) is 7.17. The SMILES string of the molecule is CCNC(=NCc1cc(F)ccc1F)N1CCN(Cc2ccon2)CC1.I. The maximum Gasteiger partial charge on any atom is 0.194 e. The molecule has 0 bridgehead atoms. The third kappa shape index (κ3) is 6.13. The summed E-state index contributed by atoms with van der Waals surface area (Å²) in [7, 11) is 0. The third-order valence-electron chi connectivity index (χ3n) is 4.29. The highest BCUT2D eigenvalue weighted by atomic mass is 127. The zero-order valence-corrected chi connectivity index (χ0v) is 17.5. The topological polar surface area (TPSA) is 56.9 Å². The van der Waals surface area contributed by atoms with Gasteiger partial charge in [-0.2, -0.15) is 0 Å². The number of hydrogen-bond acceptors (Lipinski definition) is 4. The number of nitrogens with zero attached hydrogens (tertiary/aromatic N) is 4. The van der Waals surface area contributed by atoms with Crippen LogP contribution in [-0.4, -0.2) is 53.6 Å². The van der Waals surface area contributed by atoms with E-state index < -0.39 is 11.6 Å². The molecule has 27 heavy (non-hydrogen) atoms. The molecule has 0 saturated carbocycles. The van der Waals surface area contributed by atoms with Crippen molar-refractivity contribution in [1.82, 2.24) is 20.3 Å². The zero-order valence-electron chi connectivity index (χ0n) is 15.2. The molecule has 2 aromatic rings. The van der Waals surface area contributed by atoms with E-state index in [0.29, 0.717) is 6.54 Å². The molecular formula is C18H24F2IN5O. The number of hydrogen-bond donors (Lipinski definition) is 1. The van der Waals surface area contributed by atoms with E-state index in [1.165, 1.54) is 6.07 Å². The van der Waals surface area contributed by atoms with Crippen LogP contribution in [0.1, 0.15) is 18.2 Å². The molecule has 1 aliphatic heterocycles. The average Bonchev–Trinajstić information content (AvgIpc) is 3.15. The minimum absolute atomic E-state index is 0. The highest BCUT2D eigenvalue weighted by Gasteiger charge is 2.20. The summed E-state index contributed by atoms with van der Waals surface area (Å²) in [4.78, 5) is 8.92. The average molecular weight is 491 g/mol. The molecule has 6 nitrogen and oxygen atoms in total. The third-order valence-corrected chi connectivity index (χ3v) is 4.29. The van der Waals surface area contributed by atoms with E-state index >= 15 is 0 Å². The highest BCUT2D eigenvalue weighted by Crippen LogP contribution is 2.12. The Labute approximate surface area is 174 Å². The summed E-state index contributed by atoms with van der Waals surface area (Å²) in [6.07, 6.45) is 1.58. The minimum Gasteiger partial charge on any atom is -0.364 e. The molecule has 1 fully saturated rings. The number of piperazine rings is 1. The van der Waals surface area contributed by atoms with Gasteiger partial charge in [-0.3, -0.25) is 4.90 Å². The highest BCUT2D eigenvalue weighted by molar-refractivity contribution is 14.0. The molecule has 0 spiro atoms. The van der Waals surface area contributed by atoms with Gasteiger partial charge in [0.2, 0.25) is 0 Å². The fourth-order valence-electron chi connectivity index (χ4n) is 2.92. The Kier molecular flexibility index (Phi) is 8.42. The molecular weight excluding hydrogens is 467 g/mol. The van der Waals surface area contributed by atoms with Crippen molar-refractivity contribution in [3.8, 4) is 0 Å². The predicted molar refractivity (Wildman–Crippen MR) is 110 cm³/mol. The fourth-order valence-corrected chi connectivity index (χ4v) is 2.92. The molecule has 0 amide bonds. The van der Waals surface area contributed by atoms with Gasteiger partial charge in [0.1, 0.15) is 17.9 Å². The quantitative estimate of drug-likeness (QED) is 0.396.